The van der Waals surface area contributed by atoms with Crippen molar-refractivity contribution in [3.63, 3.8) is 0 Å². The van der Waals surface area contributed by atoms with Crippen molar-refractivity contribution in [1.82, 2.24) is 4.98 Å². The first-order valence-electron chi connectivity index (χ1n) is 6.72. The zero-order chi connectivity index (χ0) is 15.2. The van der Waals surface area contributed by atoms with Crippen molar-refractivity contribution in [2.75, 3.05) is 18.2 Å². The van der Waals surface area contributed by atoms with Gasteiger partial charge in [-0.2, -0.15) is 0 Å². The highest BCUT2D eigenvalue weighted by Crippen LogP contribution is 2.25. The Morgan fingerprint density at radius 1 is 1.43 bits per heavy atom. The van der Waals surface area contributed by atoms with Gasteiger partial charge >= 0.3 is 0 Å². The molecule has 1 unspecified atom stereocenters. The zero-order valence-corrected chi connectivity index (χ0v) is 12.9. The lowest BCUT2D eigenvalue weighted by Crippen LogP contribution is -2.14. The third-order valence-electron chi connectivity index (χ3n) is 3.14. The van der Waals surface area contributed by atoms with Crippen LogP contribution in [-0.4, -0.2) is 24.1 Å². The van der Waals surface area contributed by atoms with E-state index in [0.717, 1.165) is 16.9 Å². The van der Waals surface area contributed by atoms with E-state index in [1.54, 1.807) is 7.11 Å². The Kier molecular flexibility index (Phi) is 5.30. The number of aromatic nitrogens is 1. The first-order valence-corrected chi connectivity index (χ1v) is 7.60. The van der Waals surface area contributed by atoms with Gasteiger partial charge in [0.1, 0.15) is 0 Å². The lowest BCUT2D eigenvalue weighted by molar-refractivity contribution is -0.116. The van der Waals surface area contributed by atoms with Crippen molar-refractivity contribution >= 4 is 28.1 Å². The number of rotatable bonds is 6. The highest BCUT2D eigenvalue weighted by Gasteiger charge is 2.09. The molecule has 1 heterocycles. The maximum atomic E-state index is 11.8. The molecule has 5 nitrogen and oxygen atoms in total. The van der Waals surface area contributed by atoms with Crippen LogP contribution in [0.15, 0.2) is 29.6 Å². The molecule has 1 amide bonds. The minimum atomic E-state index is -0.0443. The number of nitrogens with one attached hydrogen (secondary N) is 1. The smallest absolute Gasteiger partial charge is 0.226 e. The number of thiazole rings is 1. The van der Waals surface area contributed by atoms with Crippen LogP contribution in [0.4, 0.5) is 10.8 Å². The molecule has 3 N–H and O–H groups in total. The van der Waals surface area contributed by atoms with Crippen LogP contribution in [0, 0.1) is 0 Å². The van der Waals surface area contributed by atoms with Gasteiger partial charge in [-0.1, -0.05) is 12.1 Å². The number of carbonyl (C=O) groups excluding carboxylic acids is 1. The molecule has 0 spiro atoms. The molecule has 0 fully saturated rings. The van der Waals surface area contributed by atoms with Crippen LogP contribution in [0.1, 0.15) is 19.8 Å². The van der Waals surface area contributed by atoms with Gasteiger partial charge < -0.3 is 15.8 Å². The summed E-state index contributed by atoms with van der Waals surface area (Å²) in [7, 11) is 1.64. The van der Waals surface area contributed by atoms with Crippen LogP contribution in [0.3, 0.4) is 0 Å². The number of benzene rings is 1. The Bertz CT molecular complexity index is 595. The summed E-state index contributed by atoms with van der Waals surface area (Å²) in [6.07, 6.45) is 1.20. The predicted molar refractivity (Wildman–Crippen MR) is 86.3 cm³/mol. The van der Waals surface area contributed by atoms with E-state index in [1.165, 1.54) is 11.3 Å². The number of anilines is 2. The summed E-state index contributed by atoms with van der Waals surface area (Å²) in [6, 6.07) is 7.49. The summed E-state index contributed by atoms with van der Waals surface area (Å²) >= 11 is 1.41. The van der Waals surface area contributed by atoms with E-state index in [0.29, 0.717) is 18.0 Å². The average molecular weight is 305 g/mol. The molecule has 1 aromatic carbocycles. The van der Waals surface area contributed by atoms with Gasteiger partial charge in [-0.15, -0.1) is 11.3 Å². The van der Waals surface area contributed by atoms with E-state index < -0.39 is 0 Å². The molecule has 0 radical (unpaired) electrons. The Labute approximate surface area is 128 Å². The van der Waals surface area contributed by atoms with Crippen LogP contribution in [0.25, 0.3) is 11.3 Å². The van der Waals surface area contributed by atoms with Crippen LogP contribution in [0.5, 0.6) is 0 Å². The molecular formula is C15H19N3O2S. The van der Waals surface area contributed by atoms with Crippen LogP contribution in [-0.2, 0) is 9.53 Å². The third kappa shape index (κ3) is 4.54. The fraction of sp³-hybridized carbons (Fsp3) is 0.333. The van der Waals surface area contributed by atoms with Gasteiger partial charge in [-0.25, -0.2) is 4.98 Å². The summed E-state index contributed by atoms with van der Waals surface area (Å²) in [5.41, 5.74) is 8.19. The highest BCUT2D eigenvalue weighted by atomic mass is 32.1. The molecule has 0 aliphatic carbocycles. The number of nitrogens with zero attached hydrogens (tertiary/aromatic N) is 1. The Balaban J connectivity index is 1.94. The number of hydrogen-bond donors (Lipinski definition) is 2. The van der Waals surface area contributed by atoms with Crippen molar-refractivity contribution in [2.24, 2.45) is 0 Å². The molecule has 0 bridgehead atoms. The molecule has 6 heteroatoms. The number of amides is 1. The van der Waals surface area contributed by atoms with Gasteiger partial charge in [0.15, 0.2) is 5.13 Å². The normalized spacial score (nSPS) is 12.1. The van der Waals surface area contributed by atoms with Crippen molar-refractivity contribution < 1.29 is 9.53 Å². The summed E-state index contributed by atoms with van der Waals surface area (Å²) in [6.45, 7) is 1.94. The standard InChI is InChI=1S/C15H19N3O2S/c1-10(20-2)3-8-14(19)18-15-17-13(9-21-15)11-4-6-12(16)7-5-11/h4-7,9-10H,3,8,16H2,1-2H3,(H,17,18,19). The van der Waals surface area contributed by atoms with Gasteiger partial charge in [-0.05, 0) is 25.5 Å². The summed E-state index contributed by atoms with van der Waals surface area (Å²) in [4.78, 5) is 16.2. The Morgan fingerprint density at radius 3 is 2.81 bits per heavy atom. The summed E-state index contributed by atoms with van der Waals surface area (Å²) in [5, 5.41) is 5.33. The zero-order valence-electron chi connectivity index (χ0n) is 12.1. The quantitative estimate of drug-likeness (QED) is 0.804. The van der Waals surface area contributed by atoms with E-state index >= 15 is 0 Å². The van der Waals surface area contributed by atoms with Gasteiger partial charge in [0.2, 0.25) is 5.91 Å². The van der Waals surface area contributed by atoms with Crippen molar-refractivity contribution in [2.45, 2.75) is 25.9 Å². The summed E-state index contributed by atoms with van der Waals surface area (Å²) < 4.78 is 5.12. The summed E-state index contributed by atoms with van der Waals surface area (Å²) in [5.74, 6) is -0.0443. The van der Waals surface area contributed by atoms with Crippen LogP contribution < -0.4 is 11.1 Å². The van der Waals surface area contributed by atoms with Crippen molar-refractivity contribution in [1.29, 1.82) is 0 Å². The molecule has 0 saturated heterocycles. The molecular weight excluding hydrogens is 286 g/mol. The van der Waals surface area contributed by atoms with E-state index in [1.807, 2.05) is 36.6 Å². The number of hydrogen-bond acceptors (Lipinski definition) is 5. The topological polar surface area (TPSA) is 77.2 Å². The molecule has 2 rings (SSSR count). The number of nitrogen functional groups attached to an aromatic ring is 1. The first-order chi connectivity index (χ1) is 10.1. The fourth-order valence-corrected chi connectivity index (χ4v) is 2.49. The second-order valence-corrected chi connectivity index (χ2v) is 5.65. The van der Waals surface area contributed by atoms with E-state index in [4.69, 9.17) is 10.5 Å². The average Bonchev–Trinajstić information content (AvgIpc) is 2.94. The minimum absolute atomic E-state index is 0.0443. The second-order valence-electron chi connectivity index (χ2n) is 4.79. The van der Waals surface area contributed by atoms with E-state index in [2.05, 4.69) is 10.3 Å². The predicted octanol–water partition coefficient (Wildman–Crippen LogP) is 3.15. The van der Waals surface area contributed by atoms with Gasteiger partial charge in [0, 0.05) is 30.2 Å². The molecule has 21 heavy (non-hydrogen) atoms. The fourth-order valence-electron chi connectivity index (χ4n) is 1.75. The highest BCUT2D eigenvalue weighted by molar-refractivity contribution is 7.14. The van der Waals surface area contributed by atoms with Gasteiger partial charge in [0.05, 0.1) is 11.8 Å². The second kappa shape index (κ2) is 7.19. The number of nitrogens with two attached hydrogens (primary N) is 1. The SMILES string of the molecule is COC(C)CCC(=O)Nc1nc(-c2ccc(N)cc2)cs1. The Morgan fingerprint density at radius 2 is 2.14 bits per heavy atom. The van der Waals surface area contributed by atoms with Crippen molar-refractivity contribution in [3.8, 4) is 11.3 Å². The first kappa shape index (κ1) is 15.5. The Hall–Kier alpha value is -1.92. The largest absolute Gasteiger partial charge is 0.399 e. The van der Waals surface area contributed by atoms with Gasteiger partial charge in [-0.3, -0.25) is 4.79 Å². The lowest BCUT2D eigenvalue weighted by atomic mass is 10.1. The third-order valence-corrected chi connectivity index (χ3v) is 3.90. The van der Waals surface area contributed by atoms with E-state index in [9.17, 15) is 4.79 Å². The lowest BCUT2D eigenvalue weighted by Gasteiger charge is -2.07. The monoisotopic (exact) mass is 305 g/mol. The number of ether oxygens (including phenoxy) is 1. The number of carbonyl (C=O) groups is 1. The molecule has 0 saturated carbocycles. The molecule has 1 atom stereocenters. The van der Waals surface area contributed by atoms with Gasteiger partial charge in [0.25, 0.3) is 0 Å². The minimum Gasteiger partial charge on any atom is -0.399 e. The molecule has 1 aromatic heterocycles. The maximum absolute atomic E-state index is 11.8. The van der Waals surface area contributed by atoms with Crippen LogP contribution >= 0.6 is 11.3 Å². The van der Waals surface area contributed by atoms with Crippen molar-refractivity contribution in [3.05, 3.63) is 29.6 Å². The molecule has 2 aromatic rings. The number of methoxy groups -OCH3 is 1. The molecule has 0 aliphatic rings. The van der Waals surface area contributed by atoms with Crippen LogP contribution in [0.2, 0.25) is 0 Å². The van der Waals surface area contributed by atoms with E-state index in [-0.39, 0.29) is 12.0 Å². The molecule has 112 valence electrons. The molecule has 0 aliphatic heterocycles. The maximum Gasteiger partial charge on any atom is 0.226 e.